The minimum atomic E-state index is -0.592. The first-order valence-corrected chi connectivity index (χ1v) is 8.00. The Labute approximate surface area is 145 Å². The van der Waals surface area contributed by atoms with Gasteiger partial charge in [0.15, 0.2) is 0 Å². The van der Waals surface area contributed by atoms with Crippen LogP contribution in [-0.4, -0.2) is 10.9 Å². The molecule has 0 fully saturated rings. The molecular formula is C17H11N5O2S. The Morgan fingerprint density at radius 3 is 2.76 bits per heavy atom. The van der Waals surface area contributed by atoms with Crippen LogP contribution in [0.5, 0.6) is 0 Å². The number of thiophene rings is 1. The van der Waals surface area contributed by atoms with Crippen LogP contribution in [0.3, 0.4) is 0 Å². The summed E-state index contributed by atoms with van der Waals surface area (Å²) in [6.07, 6.45) is 2.87. The Morgan fingerprint density at radius 1 is 1.24 bits per heavy atom. The van der Waals surface area contributed by atoms with Gasteiger partial charge in [0, 0.05) is 40.0 Å². The number of hydrogen-bond donors (Lipinski definition) is 3. The van der Waals surface area contributed by atoms with Gasteiger partial charge in [-0.2, -0.15) is 5.26 Å². The number of rotatable bonds is 2. The van der Waals surface area contributed by atoms with E-state index in [0.717, 1.165) is 11.3 Å². The van der Waals surface area contributed by atoms with Gasteiger partial charge in [-0.05, 0) is 12.1 Å². The summed E-state index contributed by atoms with van der Waals surface area (Å²) in [5.74, 6) is -0.0491. The zero-order valence-electron chi connectivity index (χ0n) is 12.7. The molecule has 0 saturated heterocycles. The number of nitrogens with zero attached hydrogens (tertiary/aromatic N) is 2. The molecule has 0 bridgehead atoms. The summed E-state index contributed by atoms with van der Waals surface area (Å²) in [5.41, 5.74) is 20.6. The molecule has 0 aromatic carbocycles. The Balaban J connectivity index is 2.15. The van der Waals surface area contributed by atoms with Gasteiger partial charge >= 0.3 is 0 Å². The molecule has 0 spiro atoms. The van der Waals surface area contributed by atoms with Gasteiger partial charge in [0.1, 0.15) is 27.8 Å². The number of hydrogen-bond acceptors (Lipinski definition) is 7. The summed E-state index contributed by atoms with van der Waals surface area (Å²) < 4.78 is 5.47. The van der Waals surface area contributed by atoms with Crippen LogP contribution < -0.4 is 17.2 Å². The van der Waals surface area contributed by atoms with Gasteiger partial charge in [0.25, 0.3) is 5.91 Å². The highest BCUT2D eigenvalue weighted by atomic mass is 32.1. The van der Waals surface area contributed by atoms with Gasteiger partial charge < -0.3 is 21.6 Å². The molecule has 122 valence electrons. The Morgan fingerprint density at radius 2 is 2.04 bits per heavy atom. The molecule has 4 rings (SSSR count). The van der Waals surface area contributed by atoms with Crippen LogP contribution >= 0.6 is 11.3 Å². The van der Waals surface area contributed by atoms with Crippen molar-refractivity contribution in [3.63, 3.8) is 0 Å². The fourth-order valence-electron chi connectivity index (χ4n) is 2.89. The highest BCUT2D eigenvalue weighted by Gasteiger charge is 2.26. The molecule has 2 aromatic heterocycles. The highest BCUT2D eigenvalue weighted by Crippen LogP contribution is 2.48. The molecule has 0 radical (unpaired) electrons. The second-order valence-corrected chi connectivity index (χ2v) is 6.49. The van der Waals surface area contributed by atoms with Gasteiger partial charge in [-0.1, -0.05) is 0 Å². The second-order valence-electron chi connectivity index (χ2n) is 5.49. The van der Waals surface area contributed by atoms with E-state index in [1.54, 1.807) is 18.2 Å². The summed E-state index contributed by atoms with van der Waals surface area (Å²) in [5, 5.41) is 9.80. The summed E-state index contributed by atoms with van der Waals surface area (Å²) in [6.45, 7) is 0. The number of nitrogens with two attached hydrogens (primary N) is 3. The summed E-state index contributed by atoms with van der Waals surface area (Å²) in [6, 6.07) is 7.11. The minimum Gasteiger partial charge on any atom is -0.462 e. The smallest absolute Gasteiger partial charge is 0.259 e. The van der Waals surface area contributed by atoms with Crippen LogP contribution in [0.25, 0.3) is 32.7 Å². The molecule has 0 atom stereocenters. The molecule has 0 saturated carbocycles. The van der Waals surface area contributed by atoms with Crippen LogP contribution in [-0.2, 0) is 0 Å². The van der Waals surface area contributed by atoms with E-state index in [4.69, 9.17) is 26.9 Å². The van der Waals surface area contributed by atoms with Crippen LogP contribution in [0.15, 0.2) is 35.1 Å². The van der Waals surface area contributed by atoms with E-state index in [1.165, 1.54) is 12.5 Å². The number of nitrogen functional groups attached to an aromatic ring is 2. The maximum absolute atomic E-state index is 12.0. The molecule has 1 amide bonds. The third-order valence-corrected chi connectivity index (χ3v) is 5.02. The summed E-state index contributed by atoms with van der Waals surface area (Å²) >= 11 is 1.16. The number of aromatic nitrogens is 1. The predicted octanol–water partition coefficient (Wildman–Crippen LogP) is 2.80. The molecule has 1 aliphatic heterocycles. The van der Waals surface area contributed by atoms with Gasteiger partial charge in [0.05, 0.1) is 11.3 Å². The van der Waals surface area contributed by atoms with Crippen molar-refractivity contribution in [2.24, 2.45) is 5.73 Å². The fraction of sp³-hybridized carbons (Fsp3) is 0. The molecule has 0 unspecified atom stereocenters. The first-order chi connectivity index (χ1) is 12.0. The molecule has 2 aromatic rings. The van der Waals surface area contributed by atoms with Crippen molar-refractivity contribution >= 4 is 38.8 Å². The molecule has 8 heteroatoms. The SMILES string of the molecule is N#Cc1cnc2sc(C(N)=O)c(-c3c(N)cc4occ(N)cc3-4)c2c1. The van der Waals surface area contributed by atoms with Crippen molar-refractivity contribution in [2.75, 3.05) is 11.5 Å². The number of amides is 1. The van der Waals surface area contributed by atoms with Gasteiger partial charge in [-0.15, -0.1) is 11.3 Å². The van der Waals surface area contributed by atoms with Crippen molar-refractivity contribution in [3.05, 3.63) is 41.1 Å². The third-order valence-electron chi connectivity index (χ3n) is 3.89. The standard InChI is InChI=1S/C17H11N5O2S/c18-4-7-1-10-14(15(16(21)23)25-17(10)22-5-7)13-9-2-8(19)6-24-12(9)3-11(13)20/h1-3,5-6H,19-20H2,(H2,21,23). The predicted molar refractivity (Wildman–Crippen MR) is 96.0 cm³/mol. The second kappa shape index (κ2) is 5.22. The minimum absolute atomic E-state index is 0.319. The largest absolute Gasteiger partial charge is 0.462 e. The molecule has 25 heavy (non-hydrogen) atoms. The number of nitriles is 1. The first kappa shape index (κ1) is 15.0. The van der Waals surface area contributed by atoms with E-state index < -0.39 is 5.91 Å². The first-order valence-electron chi connectivity index (χ1n) is 7.18. The van der Waals surface area contributed by atoms with Crippen LogP contribution in [0, 0.1) is 11.3 Å². The number of carbonyl (C=O) groups is 1. The van der Waals surface area contributed by atoms with E-state index in [-0.39, 0.29) is 0 Å². The lowest BCUT2D eigenvalue weighted by atomic mass is 9.99. The molecule has 3 heterocycles. The lowest BCUT2D eigenvalue weighted by molar-refractivity contribution is 0.100. The van der Waals surface area contributed by atoms with E-state index in [0.29, 0.717) is 54.5 Å². The number of carbonyl (C=O) groups excluding carboxylic acids is 1. The van der Waals surface area contributed by atoms with E-state index >= 15 is 0 Å². The Kier molecular flexibility index (Phi) is 3.13. The highest BCUT2D eigenvalue weighted by molar-refractivity contribution is 7.21. The Hall–Kier alpha value is -3.57. The molecular weight excluding hydrogens is 338 g/mol. The van der Waals surface area contributed by atoms with Gasteiger partial charge in [-0.3, -0.25) is 4.79 Å². The monoisotopic (exact) mass is 349 g/mol. The number of anilines is 2. The van der Waals surface area contributed by atoms with Crippen molar-refractivity contribution < 1.29 is 9.21 Å². The number of fused-ring (bicyclic) bond motifs is 2. The number of pyridine rings is 1. The average molecular weight is 349 g/mol. The van der Waals surface area contributed by atoms with Crippen molar-refractivity contribution in [3.8, 4) is 28.5 Å². The maximum Gasteiger partial charge on any atom is 0.259 e. The fourth-order valence-corrected chi connectivity index (χ4v) is 3.87. The zero-order valence-corrected chi connectivity index (χ0v) is 13.6. The summed E-state index contributed by atoms with van der Waals surface area (Å²) in [7, 11) is 0. The van der Waals surface area contributed by atoms with Crippen LogP contribution in [0.2, 0.25) is 0 Å². The quantitative estimate of drug-likeness (QED) is 0.507. The normalized spacial score (nSPS) is 11.0. The molecule has 7 nitrogen and oxygen atoms in total. The van der Waals surface area contributed by atoms with E-state index in [1.807, 2.05) is 6.07 Å². The van der Waals surface area contributed by atoms with Crippen LogP contribution in [0.4, 0.5) is 11.4 Å². The lowest BCUT2D eigenvalue weighted by Crippen LogP contribution is -2.10. The van der Waals surface area contributed by atoms with Gasteiger partial charge in [-0.25, -0.2) is 4.98 Å². The van der Waals surface area contributed by atoms with Crippen LogP contribution in [0.1, 0.15) is 15.2 Å². The van der Waals surface area contributed by atoms with Crippen molar-refractivity contribution in [1.82, 2.24) is 4.98 Å². The molecule has 1 aliphatic carbocycles. The van der Waals surface area contributed by atoms with Crippen molar-refractivity contribution in [1.29, 1.82) is 5.26 Å². The maximum atomic E-state index is 12.0. The lowest BCUT2D eigenvalue weighted by Gasteiger charge is -2.07. The van der Waals surface area contributed by atoms with Gasteiger partial charge in [0.2, 0.25) is 0 Å². The molecule has 2 aliphatic rings. The summed E-state index contributed by atoms with van der Waals surface area (Å²) in [4.78, 5) is 17.2. The third kappa shape index (κ3) is 2.18. The number of primary amides is 1. The zero-order chi connectivity index (χ0) is 17.7. The topological polar surface area (TPSA) is 145 Å². The van der Waals surface area contributed by atoms with E-state index in [2.05, 4.69) is 4.98 Å². The average Bonchev–Trinajstić information content (AvgIpc) is 3.10. The van der Waals surface area contributed by atoms with Crippen molar-refractivity contribution in [2.45, 2.75) is 0 Å². The van der Waals surface area contributed by atoms with E-state index in [9.17, 15) is 4.79 Å². The molecule has 6 N–H and O–H groups in total. The Bertz CT molecular complexity index is 1170.